The first kappa shape index (κ1) is 22.4. The molecule has 1 aromatic carbocycles. The Labute approximate surface area is 172 Å². The first-order chi connectivity index (χ1) is 12.3. The van der Waals surface area contributed by atoms with Gasteiger partial charge in [0, 0.05) is 31.9 Å². The second kappa shape index (κ2) is 13.6. The molecule has 0 atom stereocenters. The number of aliphatic imine (C=N–C) groups is 1. The maximum absolute atomic E-state index is 5.54. The number of guanidine groups is 1. The van der Waals surface area contributed by atoms with E-state index < -0.39 is 0 Å². The molecule has 6 nitrogen and oxygen atoms in total. The molecule has 0 fully saturated rings. The van der Waals surface area contributed by atoms with Crippen molar-refractivity contribution in [3.8, 4) is 11.5 Å². The van der Waals surface area contributed by atoms with Gasteiger partial charge in [-0.25, -0.2) is 9.98 Å². The van der Waals surface area contributed by atoms with Crippen LogP contribution in [0.4, 0.5) is 0 Å². The molecule has 2 rings (SSSR count). The van der Waals surface area contributed by atoms with Crippen molar-refractivity contribution in [2.75, 3.05) is 26.3 Å². The number of hydrogen-bond acceptors (Lipinski definition) is 4. The third kappa shape index (κ3) is 8.18. The predicted molar refractivity (Wildman–Crippen MR) is 116 cm³/mol. The summed E-state index contributed by atoms with van der Waals surface area (Å²) < 4.78 is 10.9. The van der Waals surface area contributed by atoms with Crippen molar-refractivity contribution in [1.29, 1.82) is 0 Å². The quantitative estimate of drug-likeness (QED) is 0.238. The minimum Gasteiger partial charge on any atom is -0.444 e. The van der Waals surface area contributed by atoms with E-state index in [1.54, 1.807) is 6.26 Å². The van der Waals surface area contributed by atoms with Crippen molar-refractivity contribution in [3.05, 3.63) is 42.3 Å². The second-order valence-corrected chi connectivity index (χ2v) is 5.54. The molecular weight excluding hydrogens is 443 g/mol. The summed E-state index contributed by atoms with van der Waals surface area (Å²) in [4.78, 5) is 9.06. The molecule has 7 heteroatoms. The predicted octanol–water partition coefficient (Wildman–Crippen LogP) is 3.83. The molecule has 0 saturated carbocycles. The minimum atomic E-state index is 0. The monoisotopic (exact) mass is 472 g/mol. The van der Waals surface area contributed by atoms with E-state index in [1.807, 2.05) is 37.3 Å². The molecule has 1 aromatic heterocycles. The largest absolute Gasteiger partial charge is 0.444 e. The zero-order valence-electron chi connectivity index (χ0n) is 15.5. The standard InChI is InChI=1S/C19H28N4O2.HI/c1-3-20-19(21-12-8-9-13-24-4-2)22-14-17-15-25-18(23-17)16-10-6-5-7-11-16;/h5-7,10-11,15H,3-4,8-9,12-14H2,1-2H3,(H2,20,21,22);1H. The van der Waals surface area contributed by atoms with Crippen LogP contribution in [0.1, 0.15) is 32.4 Å². The summed E-state index contributed by atoms with van der Waals surface area (Å²) in [5.74, 6) is 1.42. The van der Waals surface area contributed by atoms with Crippen LogP contribution in [0.15, 0.2) is 46.0 Å². The summed E-state index contributed by atoms with van der Waals surface area (Å²) in [6, 6.07) is 9.87. The van der Waals surface area contributed by atoms with Crippen LogP contribution in [-0.2, 0) is 11.3 Å². The third-order valence-electron chi connectivity index (χ3n) is 3.53. The van der Waals surface area contributed by atoms with Crippen LogP contribution in [0, 0.1) is 0 Å². The molecule has 1 heterocycles. The van der Waals surface area contributed by atoms with Gasteiger partial charge in [0.05, 0.1) is 6.54 Å². The van der Waals surface area contributed by atoms with E-state index in [0.717, 1.165) is 56.4 Å². The second-order valence-electron chi connectivity index (χ2n) is 5.54. The first-order valence-electron chi connectivity index (χ1n) is 8.93. The Hall–Kier alpha value is -1.61. The van der Waals surface area contributed by atoms with Crippen molar-refractivity contribution >= 4 is 29.9 Å². The maximum atomic E-state index is 5.54. The van der Waals surface area contributed by atoms with Gasteiger partial charge >= 0.3 is 0 Å². The lowest BCUT2D eigenvalue weighted by molar-refractivity contribution is 0.143. The van der Waals surface area contributed by atoms with Gasteiger partial charge < -0.3 is 19.8 Å². The maximum Gasteiger partial charge on any atom is 0.226 e. The number of rotatable bonds is 10. The molecule has 0 radical (unpaired) electrons. The molecule has 0 aliphatic rings. The van der Waals surface area contributed by atoms with Crippen molar-refractivity contribution in [2.45, 2.75) is 33.2 Å². The zero-order chi connectivity index (χ0) is 17.7. The number of nitrogens with one attached hydrogen (secondary N) is 2. The molecule has 0 amide bonds. The van der Waals surface area contributed by atoms with Gasteiger partial charge in [-0.05, 0) is 38.8 Å². The smallest absolute Gasteiger partial charge is 0.226 e. The summed E-state index contributed by atoms with van der Waals surface area (Å²) in [5.41, 5.74) is 1.78. The summed E-state index contributed by atoms with van der Waals surface area (Å²) in [7, 11) is 0. The number of aromatic nitrogens is 1. The average molecular weight is 472 g/mol. The number of nitrogens with zero attached hydrogens (tertiary/aromatic N) is 2. The lowest BCUT2D eigenvalue weighted by atomic mass is 10.2. The lowest BCUT2D eigenvalue weighted by Crippen LogP contribution is -2.37. The van der Waals surface area contributed by atoms with E-state index in [9.17, 15) is 0 Å². The van der Waals surface area contributed by atoms with Gasteiger partial charge in [-0.3, -0.25) is 0 Å². The molecule has 2 N–H and O–H groups in total. The number of oxazole rings is 1. The van der Waals surface area contributed by atoms with Crippen LogP contribution >= 0.6 is 24.0 Å². The molecule has 0 saturated heterocycles. The summed E-state index contributed by atoms with van der Waals surface area (Å²) in [6.07, 6.45) is 3.76. The van der Waals surface area contributed by atoms with E-state index >= 15 is 0 Å². The summed E-state index contributed by atoms with van der Waals surface area (Å²) in [6.45, 7) is 7.82. The fourth-order valence-electron chi connectivity index (χ4n) is 2.27. The highest BCUT2D eigenvalue weighted by molar-refractivity contribution is 14.0. The van der Waals surface area contributed by atoms with Crippen molar-refractivity contribution < 1.29 is 9.15 Å². The molecular formula is C19H29IN4O2. The molecule has 0 spiro atoms. The fraction of sp³-hybridized carbons (Fsp3) is 0.474. The van der Waals surface area contributed by atoms with E-state index in [-0.39, 0.29) is 24.0 Å². The number of ether oxygens (including phenoxy) is 1. The Morgan fingerprint density at radius 2 is 1.96 bits per heavy atom. The van der Waals surface area contributed by atoms with Crippen LogP contribution < -0.4 is 10.6 Å². The van der Waals surface area contributed by atoms with Gasteiger partial charge in [-0.15, -0.1) is 24.0 Å². The molecule has 0 aliphatic carbocycles. The van der Waals surface area contributed by atoms with Crippen molar-refractivity contribution in [3.63, 3.8) is 0 Å². The topological polar surface area (TPSA) is 71.7 Å². The number of halogens is 1. The Kier molecular flexibility index (Phi) is 11.7. The van der Waals surface area contributed by atoms with Gasteiger partial charge in [-0.1, -0.05) is 18.2 Å². The van der Waals surface area contributed by atoms with Gasteiger partial charge in [0.25, 0.3) is 0 Å². The Balaban J connectivity index is 0.00000338. The molecule has 0 bridgehead atoms. The zero-order valence-corrected chi connectivity index (χ0v) is 17.9. The molecule has 0 aliphatic heterocycles. The van der Waals surface area contributed by atoms with Gasteiger partial charge in [0.1, 0.15) is 12.0 Å². The average Bonchev–Trinajstić information content (AvgIpc) is 3.12. The SMILES string of the molecule is CCNC(=NCc1coc(-c2ccccc2)n1)NCCCCOCC.I. The highest BCUT2D eigenvalue weighted by atomic mass is 127. The van der Waals surface area contributed by atoms with E-state index in [4.69, 9.17) is 9.15 Å². The minimum absolute atomic E-state index is 0. The highest BCUT2D eigenvalue weighted by Gasteiger charge is 2.06. The van der Waals surface area contributed by atoms with Crippen LogP contribution in [-0.4, -0.2) is 37.2 Å². The normalized spacial score (nSPS) is 11.1. The Morgan fingerprint density at radius 3 is 2.69 bits per heavy atom. The van der Waals surface area contributed by atoms with Crippen LogP contribution in [0.3, 0.4) is 0 Å². The van der Waals surface area contributed by atoms with E-state index in [1.165, 1.54) is 0 Å². The van der Waals surface area contributed by atoms with Gasteiger partial charge in [0.15, 0.2) is 5.96 Å². The fourth-order valence-corrected chi connectivity index (χ4v) is 2.27. The van der Waals surface area contributed by atoms with Crippen LogP contribution in [0.25, 0.3) is 11.5 Å². The lowest BCUT2D eigenvalue weighted by Gasteiger charge is -2.10. The molecule has 2 aromatic rings. The molecule has 144 valence electrons. The third-order valence-corrected chi connectivity index (χ3v) is 3.53. The summed E-state index contributed by atoms with van der Waals surface area (Å²) in [5, 5.41) is 6.57. The first-order valence-corrected chi connectivity index (χ1v) is 8.93. The Bertz CT molecular complexity index is 631. The van der Waals surface area contributed by atoms with Gasteiger partial charge in [0.2, 0.25) is 5.89 Å². The number of benzene rings is 1. The van der Waals surface area contributed by atoms with Gasteiger partial charge in [-0.2, -0.15) is 0 Å². The Morgan fingerprint density at radius 1 is 1.15 bits per heavy atom. The van der Waals surface area contributed by atoms with Crippen molar-refractivity contribution in [1.82, 2.24) is 15.6 Å². The van der Waals surface area contributed by atoms with Crippen LogP contribution in [0.2, 0.25) is 0 Å². The molecule has 26 heavy (non-hydrogen) atoms. The van der Waals surface area contributed by atoms with Crippen LogP contribution in [0.5, 0.6) is 0 Å². The molecule has 0 unspecified atom stereocenters. The number of unbranched alkanes of at least 4 members (excludes halogenated alkanes) is 1. The summed E-state index contributed by atoms with van der Waals surface area (Å²) >= 11 is 0. The number of hydrogen-bond donors (Lipinski definition) is 2. The van der Waals surface area contributed by atoms with E-state index in [2.05, 4.69) is 27.5 Å². The van der Waals surface area contributed by atoms with Crippen molar-refractivity contribution in [2.24, 2.45) is 4.99 Å². The highest BCUT2D eigenvalue weighted by Crippen LogP contribution is 2.18. The van der Waals surface area contributed by atoms with E-state index in [0.29, 0.717) is 12.4 Å².